The predicted molar refractivity (Wildman–Crippen MR) is 101 cm³/mol. The number of carbonyl (C=O) groups excluding carboxylic acids is 1. The lowest BCUT2D eigenvalue weighted by molar-refractivity contribution is -0.119. The third-order valence-corrected chi connectivity index (χ3v) is 5.70. The van der Waals surface area contributed by atoms with E-state index in [0.717, 1.165) is 11.3 Å². The maximum Gasteiger partial charge on any atom is 0.230 e. The van der Waals surface area contributed by atoms with Crippen LogP contribution in [0.3, 0.4) is 0 Å². The summed E-state index contributed by atoms with van der Waals surface area (Å²) < 4.78 is 11.1. The molecule has 25 heavy (non-hydrogen) atoms. The predicted octanol–water partition coefficient (Wildman–Crippen LogP) is 4.73. The molecule has 0 saturated carbocycles. The number of fused-ring (bicyclic) bond motifs is 1. The Labute approximate surface area is 160 Å². The first-order valence-electron chi connectivity index (χ1n) is 7.80. The van der Waals surface area contributed by atoms with Gasteiger partial charge in [0.2, 0.25) is 5.91 Å². The van der Waals surface area contributed by atoms with Crippen LogP contribution in [0, 0.1) is 0 Å². The van der Waals surface area contributed by atoms with E-state index in [1.54, 1.807) is 18.2 Å². The Morgan fingerprint density at radius 2 is 1.84 bits per heavy atom. The molecule has 0 fully saturated rings. The van der Waals surface area contributed by atoms with E-state index in [-0.39, 0.29) is 17.7 Å². The summed E-state index contributed by atoms with van der Waals surface area (Å²) in [4.78, 5) is 13.0. The first-order valence-corrected chi connectivity index (χ1v) is 9.54. The molecule has 1 aliphatic rings. The number of carbonyl (C=O) groups is 1. The Hall–Kier alpha value is -1.56. The van der Waals surface area contributed by atoms with Gasteiger partial charge in [-0.15, -0.1) is 11.8 Å². The molecule has 7 heteroatoms. The number of halogens is 2. The van der Waals surface area contributed by atoms with Gasteiger partial charge in [-0.1, -0.05) is 35.3 Å². The Bertz CT molecular complexity index is 765. The standard InChI is InChI=1S/C18H17Cl2NO3S/c1-11(12-5-6-15-16(9-12)24-8-7-23-15)21-17(22)10-25-18-13(19)3-2-4-14(18)20/h2-6,9,11H,7-8,10H2,1H3,(H,21,22). The second kappa shape index (κ2) is 8.21. The smallest absolute Gasteiger partial charge is 0.230 e. The van der Waals surface area contributed by atoms with Gasteiger partial charge in [0.1, 0.15) is 13.2 Å². The highest BCUT2D eigenvalue weighted by molar-refractivity contribution is 8.00. The fourth-order valence-corrected chi connectivity index (χ4v) is 3.95. The van der Waals surface area contributed by atoms with E-state index in [9.17, 15) is 4.79 Å². The van der Waals surface area contributed by atoms with Crippen molar-refractivity contribution >= 4 is 40.9 Å². The summed E-state index contributed by atoms with van der Waals surface area (Å²) in [5.74, 6) is 1.58. The molecule has 0 aromatic heterocycles. The summed E-state index contributed by atoms with van der Waals surface area (Å²) in [6.45, 7) is 3.02. The summed E-state index contributed by atoms with van der Waals surface area (Å²) in [6, 6.07) is 10.8. The molecule has 3 rings (SSSR count). The van der Waals surface area contributed by atoms with Crippen LogP contribution in [-0.2, 0) is 4.79 Å². The zero-order chi connectivity index (χ0) is 17.8. The van der Waals surface area contributed by atoms with Gasteiger partial charge in [0.25, 0.3) is 0 Å². The highest BCUT2D eigenvalue weighted by Gasteiger charge is 2.16. The molecule has 1 aliphatic heterocycles. The molecule has 2 aromatic rings. The molecule has 0 aliphatic carbocycles. The van der Waals surface area contributed by atoms with Crippen LogP contribution in [0.5, 0.6) is 11.5 Å². The van der Waals surface area contributed by atoms with Gasteiger partial charge in [-0.05, 0) is 36.8 Å². The molecule has 0 saturated heterocycles. The van der Waals surface area contributed by atoms with Crippen molar-refractivity contribution in [3.05, 3.63) is 52.0 Å². The van der Waals surface area contributed by atoms with E-state index in [1.165, 1.54) is 11.8 Å². The quantitative estimate of drug-likeness (QED) is 0.740. The lowest BCUT2D eigenvalue weighted by Gasteiger charge is -2.21. The van der Waals surface area contributed by atoms with Crippen LogP contribution in [0.1, 0.15) is 18.5 Å². The van der Waals surface area contributed by atoms with Crippen molar-refractivity contribution in [1.29, 1.82) is 0 Å². The highest BCUT2D eigenvalue weighted by atomic mass is 35.5. The summed E-state index contributed by atoms with van der Waals surface area (Å²) in [5, 5.41) is 4.06. The van der Waals surface area contributed by atoms with E-state index in [0.29, 0.717) is 33.9 Å². The van der Waals surface area contributed by atoms with Crippen LogP contribution in [0.4, 0.5) is 0 Å². The van der Waals surface area contributed by atoms with Crippen molar-refractivity contribution in [1.82, 2.24) is 5.32 Å². The number of thioether (sulfide) groups is 1. The van der Waals surface area contributed by atoms with Crippen molar-refractivity contribution in [3.8, 4) is 11.5 Å². The summed E-state index contributed by atoms with van der Waals surface area (Å²) in [5.41, 5.74) is 0.957. The monoisotopic (exact) mass is 397 g/mol. The van der Waals surface area contributed by atoms with Crippen LogP contribution in [0.15, 0.2) is 41.3 Å². The van der Waals surface area contributed by atoms with Crippen LogP contribution in [0.2, 0.25) is 10.0 Å². The second-order valence-electron chi connectivity index (χ2n) is 5.53. The number of hydrogen-bond donors (Lipinski definition) is 1. The number of nitrogens with one attached hydrogen (secondary N) is 1. The van der Waals surface area contributed by atoms with E-state index in [2.05, 4.69) is 5.32 Å². The van der Waals surface area contributed by atoms with Crippen LogP contribution < -0.4 is 14.8 Å². The maximum atomic E-state index is 12.2. The summed E-state index contributed by atoms with van der Waals surface area (Å²) in [6.07, 6.45) is 0. The molecule has 1 amide bonds. The molecule has 1 N–H and O–H groups in total. The average molecular weight is 398 g/mol. The van der Waals surface area contributed by atoms with E-state index in [4.69, 9.17) is 32.7 Å². The maximum absolute atomic E-state index is 12.2. The number of hydrogen-bond acceptors (Lipinski definition) is 4. The van der Waals surface area contributed by atoms with Crippen molar-refractivity contribution in [2.75, 3.05) is 19.0 Å². The number of ether oxygens (including phenoxy) is 2. The largest absolute Gasteiger partial charge is 0.486 e. The molecular formula is C18H17Cl2NO3S. The first kappa shape index (κ1) is 18.2. The highest BCUT2D eigenvalue weighted by Crippen LogP contribution is 2.34. The normalized spacial score (nSPS) is 14.0. The molecule has 4 nitrogen and oxygen atoms in total. The van der Waals surface area contributed by atoms with Gasteiger partial charge in [-0.2, -0.15) is 0 Å². The van der Waals surface area contributed by atoms with E-state index < -0.39 is 0 Å². The third kappa shape index (κ3) is 4.54. The zero-order valence-corrected chi connectivity index (χ0v) is 15.9. The molecule has 0 radical (unpaired) electrons. The van der Waals surface area contributed by atoms with Gasteiger partial charge in [-0.3, -0.25) is 4.79 Å². The Balaban J connectivity index is 1.59. The number of amides is 1. The van der Waals surface area contributed by atoms with Crippen LogP contribution in [-0.4, -0.2) is 24.9 Å². The van der Waals surface area contributed by atoms with Gasteiger partial charge in [0.15, 0.2) is 11.5 Å². The Morgan fingerprint density at radius 1 is 1.16 bits per heavy atom. The van der Waals surface area contributed by atoms with Gasteiger partial charge in [-0.25, -0.2) is 0 Å². The molecule has 132 valence electrons. The van der Waals surface area contributed by atoms with E-state index in [1.807, 2.05) is 25.1 Å². The van der Waals surface area contributed by atoms with Crippen LogP contribution in [0.25, 0.3) is 0 Å². The van der Waals surface area contributed by atoms with Crippen LogP contribution >= 0.6 is 35.0 Å². The minimum absolute atomic E-state index is 0.0941. The molecule has 0 spiro atoms. The number of benzene rings is 2. The Kier molecular flexibility index (Phi) is 5.99. The van der Waals surface area contributed by atoms with Crippen molar-refractivity contribution in [2.24, 2.45) is 0 Å². The van der Waals surface area contributed by atoms with Crippen molar-refractivity contribution < 1.29 is 14.3 Å². The molecule has 1 heterocycles. The molecule has 1 atom stereocenters. The minimum Gasteiger partial charge on any atom is -0.486 e. The minimum atomic E-state index is -0.148. The molecule has 2 aromatic carbocycles. The Morgan fingerprint density at radius 3 is 2.56 bits per heavy atom. The molecular weight excluding hydrogens is 381 g/mol. The zero-order valence-electron chi connectivity index (χ0n) is 13.6. The van der Waals surface area contributed by atoms with Gasteiger partial charge >= 0.3 is 0 Å². The second-order valence-corrected chi connectivity index (χ2v) is 7.33. The third-order valence-electron chi connectivity index (χ3n) is 3.71. The first-order chi connectivity index (χ1) is 12.0. The summed E-state index contributed by atoms with van der Waals surface area (Å²) >= 11 is 13.6. The fourth-order valence-electron chi connectivity index (χ4n) is 2.45. The number of rotatable bonds is 5. The fraction of sp³-hybridized carbons (Fsp3) is 0.278. The lowest BCUT2D eigenvalue weighted by Crippen LogP contribution is -2.28. The van der Waals surface area contributed by atoms with Crippen molar-refractivity contribution in [3.63, 3.8) is 0 Å². The van der Waals surface area contributed by atoms with Gasteiger partial charge in [0, 0.05) is 4.90 Å². The average Bonchev–Trinajstić information content (AvgIpc) is 2.61. The molecule has 0 bridgehead atoms. The summed E-state index contributed by atoms with van der Waals surface area (Å²) in [7, 11) is 0. The topological polar surface area (TPSA) is 47.6 Å². The van der Waals surface area contributed by atoms with Crippen molar-refractivity contribution in [2.45, 2.75) is 17.9 Å². The van der Waals surface area contributed by atoms with Gasteiger partial charge in [0.05, 0.1) is 21.8 Å². The lowest BCUT2D eigenvalue weighted by atomic mass is 10.1. The molecule has 1 unspecified atom stereocenters. The van der Waals surface area contributed by atoms with E-state index >= 15 is 0 Å². The SMILES string of the molecule is CC(NC(=O)CSc1c(Cl)cccc1Cl)c1ccc2c(c1)OCCO2. The van der Waals surface area contributed by atoms with Gasteiger partial charge < -0.3 is 14.8 Å².